The molecule has 5 atom stereocenters. The maximum Gasteiger partial charge on any atom is 0.387 e. The Labute approximate surface area is 179 Å². The molecule has 2 aliphatic carbocycles. The third-order valence-corrected chi connectivity index (χ3v) is 7.06. The molecule has 2 N–H and O–H groups in total. The van der Waals surface area contributed by atoms with Gasteiger partial charge in [-0.2, -0.15) is 8.78 Å². The van der Waals surface area contributed by atoms with E-state index in [1.807, 2.05) is 6.92 Å². The maximum absolute atomic E-state index is 13.0. The van der Waals surface area contributed by atoms with Crippen LogP contribution in [0, 0.1) is 17.8 Å². The molecular formula is C22H27F2N3O4. The second kappa shape index (κ2) is 8.09. The van der Waals surface area contributed by atoms with Gasteiger partial charge < -0.3 is 15.4 Å². The molecule has 0 spiro atoms. The van der Waals surface area contributed by atoms with E-state index in [1.54, 1.807) is 0 Å². The van der Waals surface area contributed by atoms with E-state index in [0.717, 1.165) is 17.2 Å². The molecule has 7 nitrogen and oxygen atoms in total. The van der Waals surface area contributed by atoms with Crippen molar-refractivity contribution in [2.75, 3.05) is 6.54 Å². The molecule has 1 aromatic carbocycles. The quantitative estimate of drug-likeness (QED) is 0.645. The number of nitrogens with zero attached hydrogens (tertiary/aromatic N) is 1. The van der Waals surface area contributed by atoms with E-state index in [4.69, 9.17) is 0 Å². The molecule has 3 aliphatic rings. The highest BCUT2D eigenvalue weighted by atomic mass is 19.3. The number of fused-ring (bicyclic) bond motifs is 2. The number of halogens is 2. The molecule has 4 amide bonds. The van der Waals surface area contributed by atoms with Gasteiger partial charge >= 0.3 is 12.6 Å². The zero-order valence-corrected chi connectivity index (χ0v) is 17.6. The first-order valence-electron chi connectivity index (χ1n) is 10.7. The predicted molar refractivity (Wildman–Crippen MR) is 107 cm³/mol. The average molecular weight is 435 g/mol. The molecule has 4 rings (SSSR count). The minimum atomic E-state index is -2.95. The lowest BCUT2D eigenvalue weighted by Crippen LogP contribution is -2.47. The second-order valence-electron chi connectivity index (χ2n) is 9.04. The van der Waals surface area contributed by atoms with Gasteiger partial charge in [0.1, 0.15) is 17.8 Å². The lowest BCUT2D eigenvalue weighted by Gasteiger charge is -2.29. The molecule has 2 saturated carbocycles. The Hall–Kier alpha value is -2.71. The molecule has 1 aliphatic heterocycles. The van der Waals surface area contributed by atoms with Gasteiger partial charge in [-0.25, -0.2) is 4.79 Å². The van der Waals surface area contributed by atoms with Gasteiger partial charge in [-0.15, -0.1) is 0 Å². The third kappa shape index (κ3) is 4.09. The molecule has 0 unspecified atom stereocenters. The zero-order valence-electron chi connectivity index (χ0n) is 17.6. The van der Waals surface area contributed by atoms with Crippen molar-refractivity contribution in [3.05, 3.63) is 29.8 Å². The number of urea groups is 1. The average Bonchev–Trinajstić information content (AvgIpc) is 3.39. The molecule has 1 aromatic rings. The Balaban J connectivity index is 1.39. The summed E-state index contributed by atoms with van der Waals surface area (Å²) in [7, 11) is 0. The number of rotatable bonds is 7. The molecule has 0 aromatic heterocycles. The molecule has 168 valence electrons. The molecule has 3 fully saturated rings. The van der Waals surface area contributed by atoms with Gasteiger partial charge in [-0.05, 0) is 68.6 Å². The molecule has 1 heterocycles. The Bertz CT molecular complexity index is 878. The van der Waals surface area contributed by atoms with Crippen molar-refractivity contribution in [1.82, 2.24) is 15.5 Å². The number of amides is 4. The van der Waals surface area contributed by atoms with Crippen LogP contribution in [-0.2, 0) is 15.1 Å². The van der Waals surface area contributed by atoms with Crippen LogP contribution in [0.2, 0.25) is 0 Å². The fourth-order valence-electron chi connectivity index (χ4n) is 5.46. The van der Waals surface area contributed by atoms with Crippen molar-refractivity contribution < 1.29 is 27.9 Å². The summed E-state index contributed by atoms with van der Waals surface area (Å²) in [5, 5.41) is 5.58. The Morgan fingerprint density at radius 2 is 1.97 bits per heavy atom. The van der Waals surface area contributed by atoms with Crippen molar-refractivity contribution in [2.45, 2.75) is 57.7 Å². The smallest absolute Gasteiger partial charge is 0.387 e. The van der Waals surface area contributed by atoms with Crippen molar-refractivity contribution >= 4 is 17.8 Å². The zero-order chi connectivity index (χ0) is 22.3. The van der Waals surface area contributed by atoms with E-state index < -0.39 is 24.1 Å². The Morgan fingerprint density at radius 3 is 2.55 bits per heavy atom. The summed E-state index contributed by atoms with van der Waals surface area (Å²) in [5.41, 5.74) is -0.984. The minimum absolute atomic E-state index is 0.00247. The first kappa shape index (κ1) is 21.5. The molecule has 0 radical (unpaired) electrons. The van der Waals surface area contributed by atoms with E-state index in [1.165, 1.54) is 50.5 Å². The van der Waals surface area contributed by atoms with Gasteiger partial charge in [-0.3, -0.25) is 14.5 Å². The molecular weight excluding hydrogens is 408 g/mol. The summed E-state index contributed by atoms with van der Waals surface area (Å²) in [5.74, 6) is 0.872. The van der Waals surface area contributed by atoms with Crippen LogP contribution in [0.1, 0.15) is 45.1 Å². The topological polar surface area (TPSA) is 87.7 Å². The number of hydrogen-bond donors (Lipinski definition) is 2. The summed E-state index contributed by atoms with van der Waals surface area (Å²) >= 11 is 0. The van der Waals surface area contributed by atoms with Crippen molar-refractivity contribution in [2.24, 2.45) is 17.8 Å². The van der Waals surface area contributed by atoms with Crippen molar-refractivity contribution in [1.29, 1.82) is 0 Å². The summed E-state index contributed by atoms with van der Waals surface area (Å²) in [4.78, 5) is 38.9. The highest BCUT2D eigenvalue weighted by molar-refractivity contribution is 6.09. The lowest BCUT2D eigenvalue weighted by atomic mass is 9.84. The van der Waals surface area contributed by atoms with Crippen LogP contribution < -0.4 is 15.4 Å². The number of benzene rings is 1. The van der Waals surface area contributed by atoms with Gasteiger partial charge in [0, 0.05) is 6.04 Å². The largest absolute Gasteiger partial charge is 0.435 e. The SMILES string of the molecule is C[C@H](NC(=O)CN1C(=O)N[C@](C)(c2ccc(OC(F)F)cc2)C1=O)[C@@H]1C[C@@H]2CC[C@@H]1C2. The first-order valence-corrected chi connectivity index (χ1v) is 10.7. The number of alkyl halides is 2. The minimum Gasteiger partial charge on any atom is -0.435 e. The second-order valence-corrected chi connectivity index (χ2v) is 9.04. The summed E-state index contributed by atoms with van der Waals surface area (Å²) in [6.07, 6.45) is 4.84. The molecule has 31 heavy (non-hydrogen) atoms. The third-order valence-electron chi connectivity index (χ3n) is 7.06. The fraction of sp³-hybridized carbons (Fsp3) is 0.591. The molecule has 2 bridgehead atoms. The van der Waals surface area contributed by atoms with E-state index in [2.05, 4.69) is 15.4 Å². The normalized spacial score (nSPS) is 30.6. The van der Waals surface area contributed by atoms with Crippen LogP contribution in [0.25, 0.3) is 0 Å². The molecule has 1 saturated heterocycles. The number of nitrogens with one attached hydrogen (secondary N) is 2. The van der Waals surface area contributed by atoms with E-state index >= 15 is 0 Å². The number of ether oxygens (including phenoxy) is 1. The fourth-order valence-corrected chi connectivity index (χ4v) is 5.46. The number of carbonyl (C=O) groups excluding carboxylic acids is 3. The van der Waals surface area contributed by atoms with Gasteiger partial charge in [0.2, 0.25) is 5.91 Å². The van der Waals surface area contributed by atoms with Crippen molar-refractivity contribution in [3.8, 4) is 5.75 Å². The summed E-state index contributed by atoms with van der Waals surface area (Å²) in [6.45, 7) is 0.191. The number of imide groups is 1. The standard InChI is InChI=1S/C22H27F2N3O4/c1-12(17-10-13-3-4-14(17)9-13)25-18(28)11-27-19(29)22(2,26-21(27)30)15-5-7-16(8-6-15)31-20(23)24/h5-8,12-14,17,20H,3-4,9-11H2,1-2H3,(H,25,28)(H,26,30)/t12-,13+,14+,17-,22+/m0/s1. The molecule has 9 heteroatoms. The van der Waals surface area contributed by atoms with Crippen LogP contribution in [0.5, 0.6) is 5.75 Å². The van der Waals surface area contributed by atoms with Gasteiger partial charge in [-0.1, -0.05) is 18.6 Å². The van der Waals surface area contributed by atoms with E-state index in [9.17, 15) is 23.2 Å². The van der Waals surface area contributed by atoms with Gasteiger partial charge in [0.05, 0.1) is 0 Å². The van der Waals surface area contributed by atoms with E-state index in [-0.39, 0.29) is 24.2 Å². The van der Waals surface area contributed by atoms with E-state index in [0.29, 0.717) is 17.4 Å². The van der Waals surface area contributed by atoms with Crippen LogP contribution >= 0.6 is 0 Å². The monoisotopic (exact) mass is 435 g/mol. The van der Waals surface area contributed by atoms with Crippen LogP contribution in [0.15, 0.2) is 24.3 Å². The van der Waals surface area contributed by atoms with Crippen LogP contribution in [0.4, 0.5) is 13.6 Å². The Kier molecular flexibility index (Phi) is 5.61. The van der Waals surface area contributed by atoms with Crippen LogP contribution in [0.3, 0.4) is 0 Å². The first-order chi connectivity index (χ1) is 14.7. The number of hydrogen-bond acceptors (Lipinski definition) is 4. The summed E-state index contributed by atoms with van der Waals surface area (Å²) in [6, 6.07) is 4.82. The summed E-state index contributed by atoms with van der Waals surface area (Å²) < 4.78 is 29.0. The highest BCUT2D eigenvalue weighted by Gasteiger charge is 2.50. The predicted octanol–water partition coefficient (Wildman–Crippen LogP) is 3.00. The van der Waals surface area contributed by atoms with Crippen LogP contribution in [-0.4, -0.2) is 41.9 Å². The lowest BCUT2D eigenvalue weighted by molar-refractivity contribution is -0.135. The highest BCUT2D eigenvalue weighted by Crippen LogP contribution is 2.49. The van der Waals surface area contributed by atoms with Crippen molar-refractivity contribution in [3.63, 3.8) is 0 Å². The van der Waals surface area contributed by atoms with Gasteiger partial charge in [0.25, 0.3) is 5.91 Å². The number of carbonyl (C=O) groups is 3. The van der Waals surface area contributed by atoms with Gasteiger partial charge in [0.15, 0.2) is 0 Å². The Morgan fingerprint density at radius 1 is 1.26 bits per heavy atom. The maximum atomic E-state index is 13.0.